The van der Waals surface area contributed by atoms with E-state index < -0.39 is 26.2 Å². The van der Waals surface area contributed by atoms with Crippen molar-refractivity contribution < 1.29 is 36.2 Å². The normalized spacial score (nSPS) is 12.2. The number of pyridine rings is 1. The van der Waals surface area contributed by atoms with Crippen molar-refractivity contribution in [3.63, 3.8) is 0 Å². The highest BCUT2D eigenvalue weighted by molar-refractivity contribution is 7.92. The number of rotatable bonds is 6. The number of fused-ring (bicyclic) bond motifs is 2. The second kappa shape index (κ2) is 9.65. The number of aryl methyl sites for hydroxylation is 2. The van der Waals surface area contributed by atoms with Crippen molar-refractivity contribution in [2.45, 2.75) is 30.9 Å². The van der Waals surface area contributed by atoms with Crippen molar-refractivity contribution in [1.82, 2.24) is 4.98 Å². The Kier molecular flexibility index (Phi) is 6.59. The molecule has 39 heavy (non-hydrogen) atoms. The predicted molar refractivity (Wildman–Crippen MR) is 143 cm³/mol. The van der Waals surface area contributed by atoms with Gasteiger partial charge in [0.15, 0.2) is 0 Å². The Balaban J connectivity index is 1.54. The molecule has 6 nitrogen and oxygen atoms in total. The van der Waals surface area contributed by atoms with Crippen molar-refractivity contribution in [2.24, 2.45) is 0 Å². The Morgan fingerprint density at radius 2 is 1.72 bits per heavy atom. The van der Waals surface area contributed by atoms with E-state index in [0.29, 0.717) is 22.2 Å². The highest BCUT2D eigenvalue weighted by Gasteiger charge is 2.46. The highest BCUT2D eigenvalue weighted by Crippen LogP contribution is 2.40. The number of aromatic nitrogens is 1. The Morgan fingerprint density at radius 1 is 1.03 bits per heavy atom. The summed E-state index contributed by atoms with van der Waals surface area (Å²) in [5, 5.41) is 11.5. The smallest absolute Gasteiger partial charge is 0.488 e. The first-order valence-corrected chi connectivity index (χ1v) is 13.9. The van der Waals surface area contributed by atoms with Gasteiger partial charge in [-0.05, 0) is 66.3 Å². The first-order valence-electron chi connectivity index (χ1n) is 11.6. The summed E-state index contributed by atoms with van der Waals surface area (Å²) < 4.78 is 68.6. The van der Waals surface area contributed by atoms with Crippen molar-refractivity contribution >= 4 is 48.1 Å². The Hall–Kier alpha value is -3.96. The standard InChI is InChI=1S/C28H20F3NO5S2/c1-15-7-12-22(37-14-17-8-10-18(11-9-17)39(35,36)28(29,30)31)24-20(27(33)34)13-21(32-25(15)24)26-16(2)19-5-3-4-6-23(19)38-26/h3-13H,14H2,1-2H3,(H,33,34). The quantitative estimate of drug-likeness (QED) is 0.230. The number of alkyl halides is 3. The molecule has 0 saturated heterocycles. The number of aromatic carboxylic acids is 1. The van der Waals surface area contributed by atoms with E-state index in [-0.39, 0.29) is 17.9 Å². The Bertz CT molecular complexity index is 1860. The van der Waals surface area contributed by atoms with Gasteiger partial charge in [-0.2, -0.15) is 13.2 Å². The largest absolute Gasteiger partial charge is 0.501 e. The third kappa shape index (κ3) is 4.72. The lowest BCUT2D eigenvalue weighted by molar-refractivity contribution is -0.0436. The van der Waals surface area contributed by atoms with Crippen molar-refractivity contribution in [3.8, 4) is 16.3 Å². The molecule has 0 aliphatic carbocycles. The average Bonchev–Trinajstić information content (AvgIpc) is 3.24. The lowest BCUT2D eigenvalue weighted by Gasteiger charge is -2.14. The molecule has 0 bridgehead atoms. The molecule has 0 atom stereocenters. The number of hydrogen-bond acceptors (Lipinski definition) is 6. The fourth-order valence-corrected chi connectivity index (χ4v) is 6.26. The molecule has 5 rings (SSSR count). The molecule has 0 unspecified atom stereocenters. The van der Waals surface area contributed by atoms with Gasteiger partial charge in [-0.25, -0.2) is 18.2 Å². The SMILES string of the molecule is Cc1c(-c2cc(C(=O)O)c3c(OCc4ccc(S(=O)(=O)C(F)(F)F)cc4)ccc(C)c3n2)sc2ccccc12. The van der Waals surface area contributed by atoms with Crippen LogP contribution >= 0.6 is 11.3 Å². The summed E-state index contributed by atoms with van der Waals surface area (Å²) in [6.45, 7) is 3.64. The molecule has 0 radical (unpaired) electrons. The topological polar surface area (TPSA) is 93.6 Å². The number of carbonyl (C=O) groups is 1. The van der Waals surface area contributed by atoms with E-state index in [1.54, 1.807) is 12.1 Å². The van der Waals surface area contributed by atoms with Crippen LogP contribution in [0.5, 0.6) is 5.75 Å². The zero-order valence-electron chi connectivity index (χ0n) is 20.5. The van der Waals surface area contributed by atoms with Crippen LogP contribution in [0.2, 0.25) is 0 Å². The second-order valence-electron chi connectivity index (χ2n) is 8.90. The van der Waals surface area contributed by atoms with Crippen LogP contribution in [0.4, 0.5) is 13.2 Å². The second-order valence-corrected chi connectivity index (χ2v) is 11.9. The predicted octanol–water partition coefficient (Wildman–Crippen LogP) is 7.30. The average molecular weight is 572 g/mol. The first-order chi connectivity index (χ1) is 18.4. The van der Waals surface area contributed by atoms with Crippen LogP contribution in [-0.2, 0) is 16.4 Å². The Morgan fingerprint density at radius 3 is 2.36 bits per heavy atom. The minimum Gasteiger partial charge on any atom is -0.488 e. The van der Waals surface area contributed by atoms with E-state index in [1.807, 2.05) is 38.1 Å². The summed E-state index contributed by atoms with van der Waals surface area (Å²) in [5.74, 6) is -0.938. The number of halogens is 3. The molecule has 1 N–H and O–H groups in total. The van der Waals surface area contributed by atoms with Crippen molar-refractivity contribution in [3.05, 3.63) is 89.0 Å². The molecule has 0 amide bonds. The minimum absolute atomic E-state index is 0.00262. The van der Waals surface area contributed by atoms with E-state index in [0.717, 1.165) is 38.2 Å². The number of carboxylic acid groups (broad SMARTS) is 1. The van der Waals surface area contributed by atoms with Gasteiger partial charge in [-0.15, -0.1) is 11.3 Å². The van der Waals surface area contributed by atoms with E-state index in [4.69, 9.17) is 9.72 Å². The van der Waals surface area contributed by atoms with Crippen LogP contribution < -0.4 is 4.74 Å². The maximum Gasteiger partial charge on any atom is 0.501 e. The van der Waals surface area contributed by atoms with Gasteiger partial charge in [0.1, 0.15) is 12.4 Å². The number of thiophene rings is 1. The minimum atomic E-state index is -5.46. The van der Waals surface area contributed by atoms with Crippen LogP contribution in [0.1, 0.15) is 27.0 Å². The molecule has 0 spiro atoms. The van der Waals surface area contributed by atoms with E-state index in [1.165, 1.54) is 29.5 Å². The summed E-state index contributed by atoms with van der Waals surface area (Å²) in [6.07, 6.45) is 0. The van der Waals surface area contributed by atoms with Crippen LogP contribution in [-0.4, -0.2) is 30.0 Å². The molecule has 11 heteroatoms. The maximum atomic E-state index is 12.8. The summed E-state index contributed by atoms with van der Waals surface area (Å²) in [7, 11) is -5.46. The summed E-state index contributed by atoms with van der Waals surface area (Å²) >= 11 is 1.53. The molecule has 0 fully saturated rings. The van der Waals surface area contributed by atoms with E-state index in [2.05, 4.69) is 0 Å². The summed E-state index contributed by atoms with van der Waals surface area (Å²) in [5.41, 5.74) is -2.29. The first kappa shape index (κ1) is 26.6. The van der Waals surface area contributed by atoms with Crippen molar-refractivity contribution in [1.29, 1.82) is 0 Å². The molecule has 3 aromatic carbocycles. The fourth-order valence-electron chi connectivity index (χ4n) is 4.33. The van der Waals surface area contributed by atoms with Crippen LogP contribution in [0.3, 0.4) is 0 Å². The molecule has 0 aliphatic heterocycles. The maximum absolute atomic E-state index is 12.8. The molecular weight excluding hydrogens is 551 g/mol. The zero-order chi connectivity index (χ0) is 28.1. The van der Waals surface area contributed by atoms with Crippen LogP contribution in [0.25, 0.3) is 31.6 Å². The fraction of sp³-hybridized carbons (Fsp3) is 0.143. The van der Waals surface area contributed by atoms with Crippen molar-refractivity contribution in [2.75, 3.05) is 0 Å². The van der Waals surface area contributed by atoms with Gasteiger partial charge in [0.05, 0.1) is 31.9 Å². The van der Waals surface area contributed by atoms with Gasteiger partial charge >= 0.3 is 11.5 Å². The molecule has 0 saturated carbocycles. The lowest BCUT2D eigenvalue weighted by Crippen LogP contribution is -2.23. The zero-order valence-corrected chi connectivity index (χ0v) is 22.2. The molecule has 2 aromatic heterocycles. The highest BCUT2D eigenvalue weighted by atomic mass is 32.2. The van der Waals surface area contributed by atoms with E-state index in [9.17, 15) is 31.5 Å². The van der Waals surface area contributed by atoms with Gasteiger partial charge in [0.2, 0.25) is 0 Å². The van der Waals surface area contributed by atoms with Gasteiger partial charge < -0.3 is 9.84 Å². The van der Waals surface area contributed by atoms with Gasteiger partial charge in [-0.1, -0.05) is 36.4 Å². The molecule has 2 heterocycles. The number of carboxylic acids is 1. The van der Waals surface area contributed by atoms with Gasteiger partial charge in [0, 0.05) is 4.70 Å². The number of nitrogens with zero attached hydrogens (tertiary/aromatic N) is 1. The van der Waals surface area contributed by atoms with E-state index >= 15 is 0 Å². The monoisotopic (exact) mass is 571 g/mol. The number of sulfone groups is 1. The van der Waals surface area contributed by atoms with Crippen LogP contribution in [0.15, 0.2) is 71.6 Å². The summed E-state index contributed by atoms with van der Waals surface area (Å²) in [4.78, 5) is 17.2. The molecule has 200 valence electrons. The third-order valence-corrected chi connectivity index (χ3v) is 9.16. The number of benzene rings is 3. The third-order valence-electron chi connectivity index (χ3n) is 6.36. The number of ether oxygens (including phenoxy) is 1. The van der Waals surface area contributed by atoms with Gasteiger partial charge in [0.25, 0.3) is 9.84 Å². The summed E-state index contributed by atoms with van der Waals surface area (Å²) in [6, 6.07) is 16.9. The molecular formula is C28H20F3NO5S2. The Labute approximate surface area is 225 Å². The number of hydrogen-bond donors (Lipinski definition) is 1. The molecule has 5 aromatic rings. The lowest BCUT2D eigenvalue weighted by atomic mass is 10.0. The van der Waals surface area contributed by atoms with Crippen LogP contribution in [0, 0.1) is 13.8 Å². The molecule has 0 aliphatic rings. The van der Waals surface area contributed by atoms with Gasteiger partial charge in [-0.3, -0.25) is 0 Å².